The lowest BCUT2D eigenvalue weighted by Gasteiger charge is -2.33. The number of halogens is 3. The molecule has 0 aromatic rings. The van der Waals surface area contributed by atoms with Crippen molar-refractivity contribution in [1.82, 2.24) is 20.4 Å². The molecule has 10 heteroatoms. The highest BCUT2D eigenvalue weighted by molar-refractivity contribution is 14.0. The Morgan fingerprint density at radius 1 is 1.28 bits per heavy atom. The number of hydrogen-bond donors (Lipinski definition) is 2. The average Bonchev–Trinajstić information content (AvgIpc) is 2.59. The van der Waals surface area contributed by atoms with Gasteiger partial charge in [0, 0.05) is 45.8 Å². The molecule has 29 heavy (non-hydrogen) atoms. The minimum atomic E-state index is -2.28. The van der Waals surface area contributed by atoms with Crippen molar-refractivity contribution in [3.8, 4) is 0 Å². The van der Waals surface area contributed by atoms with E-state index in [0.717, 1.165) is 19.3 Å². The van der Waals surface area contributed by atoms with Crippen molar-refractivity contribution in [3.05, 3.63) is 0 Å². The van der Waals surface area contributed by atoms with Crippen LogP contribution in [0.4, 0.5) is 13.6 Å². The molecule has 0 saturated carbocycles. The third-order valence-electron chi connectivity index (χ3n) is 4.37. The summed E-state index contributed by atoms with van der Waals surface area (Å²) < 4.78 is 30.4. The summed E-state index contributed by atoms with van der Waals surface area (Å²) in [5.74, 6) is 0.660. The summed E-state index contributed by atoms with van der Waals surface area (Å²) in [6.07, 6.45) is -0.148. The number of carbonyl (C=O) groups is 1. The second kappa shape index (κ2) is 14.2. The molecule has 0 radical (unpaired) electrons. The molecular formula is C19H38F2IN5O2. The Bertz CT molecular complexity index is 495. The summed E-state index contributed by atoms with van der Waals surface area (Å²) >= 11 is 0. The lowest BCUT2D eigenvalue weighted by Crippen LogP contribution is -2.50. The molecule has 7 nitrogen and oxygen atoms in total. The number of aliphatic imine (C=N–C) groups is 1. The molecule has 172 valence electrons. The van der Waals surface area contributed by atoms with E-state index in [0.29, 0.717) is 38.7 Å². The Morgan fingerprint density at radius 2 is 1.90 bits per heavy atom. The molecule has 1 heterocycles. The van der Waals surface area contributed by atoms with Gasteiger partial charge in [-0.2, -0.15) is 0 Å². The zero-order valence-corrected chi connectivity index (χ0v) is 20.7. The number of rotatable bonds is 8. The third kappa shape index (κ3) is 12.4. The molecule has 1 rings (SSSR count). The number of nitrogens with zero attached hydrogens (tertiary/aromatic N) is 3. The van der Waals surface area contributed by atoms with E-state index < -0.39 is 12.0 Å². The Labute approximate surface area is 191 Å². The van der Waals surface area contributed by atoms with Crippen LogP contribution in [-0.2, 0) is 4.74 Å². The van der Waals surface area contributed by atoms with Crippen molar-refractivity contribution >= 4 is 36.0 Å². The summed E-state index contributed by atoms with van der Waals surface area (Å²) in [6, 6.07) is 0.206. The zero-order valence-electron chi connectivity index (χ0n) is 18.3. The first-order valence-electron chi connectivity index (χ1n) is 10.1. The number of alkyl halides is 2. The fraction of sp³-hybridized carbons (Fsp3) is 0.895. The highest BCUT2D eigenvalue weighted by Crippen LogP contribution is 2.12. The highest BCUT2D eigenvalue weighted by Gasteiger charge is 2.23. The number of carbonyl (C=O) groups excluding carboxylic acids is 1. The van der Waals surface area contributed by atoms with Crippen LogP contribution >= 0.6 is 24.0 Å². The number of likely N-dealkylation sites (tertiary alicyclic amines) is 1. The molecule has 1 aliphatic rings. The van der Waals surface area contributed by atoms with E-state index in [4.69, 9.17) is 4.74 Å². The van der Waals surface area contributed by atoms with Crippen molar-refractivity contribution < 1.29 is 18.3 Å². The molecule has 0 unspecified atom stereocenters. The molecule has 1 fully saturated rings. The molecule has 0 aromatic heterocycles. The average molecular weight is 533 g/mol. The molecule has 1 amide bonds. The largest absolute Gasteiger partial charge is 0.444 e. The van der Waals surface area contributed by atoms with E-state index in [1.807, 2.05) is 27.7 Å². The smallest absolute Gasteiger partial charge is 0.410 e. The van der Waals surface area contributed by atoms with Gasteiger partial charge >= 0.3 is 6.09 Å². The van der Waals surface area contributed by atoms with Crippen LogP contribution in [0.1, 0.15) is 47.0 Å². The number of ether oxygens (including phenoxy) is 1. The summed E-state index contributed by atoms with van der Waals surface area (Å²) in [5, 5.41) is 6.57. The Hall–Kier alpha value is -0.910. The molecule has 0 aliphatic carbocycles. The van der Waals surface area contributed by atoms with Gasteiger partial charge in [-0.15, -0.1) is 24.0 Å². The molecule has 2 N–H and O–H groups in total. The van der Waals surface area contributed by atoms with Crippen molar-refractivity contribution in [2.45, 2.75) is 65.0 Å². The second-order valence-corrected chi connectivity index (χ2v) is 8.08. The Kier molecular flexibility index (Phi) is 13.7. The summed E-state index contributed by atoms with van der Waals surface area (Å²) in [6.45, 7) is 10.4. The van der Waals surface area contributed by atoms with Gasteiger partial charge in [0.1, 0.15) is 5.60 Å². The SMILES string of the molecule is CCCN(CCNC(=NC)NC1CCN(CC(F)F)CC1)C(=O)OC(C)(C)C.I. The predicted octanol–water partition coefficient (Wildman–Crippen LogP) is 3.15. The molecule has 0 bridgehead atoms. The fourth-order valence-corrected chi connectivity index (χ4v) is 3.04. The van der Waals surface area contributed by atoms with Crippen LogP contribution in [0.25, 0.3) is 0 Å². The maximum atomic E-state index is 12.5. The first-order valence-corrected chi connectivity index (χ1v) is 10.1. The lowest BCUT2D eigenvalue weighted by molar-refractivity contribution is 0.0253. The predicted molar refractivity (Wildman–Crippen MR) is 123 cm³/mol. The van der Waals surface area contributed by atoms with Crippen LogP contribution in [0.3, 0.4) is 0 Å². The van der Waals surface area contributed by atoms with Crippen LogP contribution in [0, 0.1) is 0 Å². The van der Waals surface area contributed by atoms with Gasteiger partial charge in [-0.05, 0) is 40.0 Å². The molecule has 1 aliphatic heterocycles. The first kappa shape index (κ1) is 28.1. The van der Waals surface area contributed by atoms with Gasteiger partial charge in [-0.1, -0.05) is 6.92 Å². The Morgan fingerprint density at radius 3 is 2.38 bits per heavy atom. The maximum absolute atomic E-state index is 12.5. The number of hydrogen-bond acceptors (Lipinski definition) is 4. The van der Waals surface area contributed by atoms with Gasteiger partial charge in [-0.3, -0.25) is 9.89 Å². The van der Waals surface area contributed by atoms with Crippen LogP contribution in [-0.4, -0.2) is 86.2 Å². The molecule has 1 saturated heterocycles. The topological polar surface area (TPSA) is 69.2 Å². The number of piperidine rings is 1. The number of amides is 1. The summed E-state index contributed by atoms with van der Waals surface area (Å²) in [7, 11) is 1.69. The third-order valence-corrected chi connectivity index (χ3v) is 4.37. The second-order valence-electron chi connectivity index (χ2n) is 8.08. The number of guanidine groups is 1. The molecule has 0 atom stereocenters. The normalized spacial score (nSPS) is 16.3. The Balaban J connectivity index is 0.00000784. The van der Waals surface area contributed by atoms with Crippen molar-refractivity contribution in [2.24, 2.45) is 4.99 Å². The van der Waals surface area contributed by atoms with Crippen LogP contribution in [0.15, 0.2) is 4.99 Å². The van der Waals surface area contributed by atoms with Crippen molar-refractivity contribution in [1.29, 1.82) is 0 Å². The molecular weight excluding hydrogens is 495 g/mol. The summed E-state index contributed by atoms with van der Waals surface area (Å²) in [5.41, 5.74) is -0.521. The highest BCUT2D eigenvalue weighted by atomic mass is 127. The van der Waals surface area contributed by atoms with Crippen LogP contribution in [0.5, 0.6) is 0 Å². The fourth-order valence-electron chi connectivity index (χ4n) is 3.04. The molecule has 0 aromatic carbocycles. The monoisotopic (exact) mass is 533 g/mol. The van der Waals surface area contributed by atoms with E-state index in [9.17, 15) is 13.6 Å². The summed E-state index contributed by atoms with van der Waals surface area (Å²) in [4.78, 5) is 20.0. The van der Waals surface area contributed by atoms with Crippen molar-refractivity contribution in [2.75, 3.05) is 46.3 Å². The van der Waals surface area contributed by atoms with E-state index in [2.05, 4.69) is 15.6 Å². The minimum absolute atomic E-state index is 0. The van der Waals surface area contributed by atoms with E-state index in [-0.39, 0.29) is 42.7 Å². The quantitative estimate of drug-likeness (QED) is 0.285. The van der Waals surface area contributed by atoms with Gasteiger partial charge in [0.25, 0.3) is 6.43 Å². The van der Waals surface area contributed by atoms with Crippen LogP contribution in [0.2, 0.25) is 0 Å². The van der Waals surface area contributed by atoms with Gasteiger partial charge < -0.3 is 20.3 Å². The van der Waals surface area contributed by atoms with E-state index in [1.54, 1.807) is 16.8 Å². The lowest BCUT2D eigenvalue weighted by atomic mass is 10.1. The zero-order chi connectivity index (χ0) is 21.2. The first-order chi connectivity index (χ1) is 13.1. The number of nitrogens with one attached hydrogen (secondary N) is 2. The van der Waals surface area contributed by atoms with Crippen molar-refractivity contribution in [3.63, 3.8) is 0 Å². The minimum Gasteiger partial charge on any atom is -0.444 e. The standard InChI is InChI=1S/C19H37F2N5O2.HI/c1-6-10-26(18(27)28-19(2,3)4)13-9-23-17(22-5)24-15-7-11-25(12-8-15)14-16(20)21;/h15-16H,6-14H2,1-5H3,(H2,22,23,24);1H. The van der Waals surface area contributed by atoms with Gasteiger partial charge in [0.2, 0.25) is 0 Å². The van der Waals surface area contributed by atoms with E-state index >= 15 is 0 Å². The van der Waals surface area contributed by atoms with Crippen LogP contribution < -0.4 is 10.6 Å². The van der Waals surface area contributed by atoms with Gasteiger partial charge in [0.15, 0.2) is 5.96 Å². The van der Waals surface area contributed by atoms with Gasteiger partial charge in [-0.25, -0.2) is 13.6 Å². The maximum Gasteiger partial charge on any atom is 0.410 e. The van der Waals surface area contributed by atoms with E-state index in [1.165, 1.54) is 0 Å². The van der Waals surface area contributed by atoms with Gasteiger partial charge in [0.05, 0.1) is 6.54 Å². The molecule has 0 spiro atoms.